The lowest BCUT2D eigenvalue weighted by molar-refractivity contribution is -0.00251. The van der Waals surface area contributed by atoms with Gasteiger partial charge in [-0.2, -0.15) is 0 Å². The highest BCUT2D eigenvalue weighted by Crippen LogP contribution is 2.13. The van der Waals surface area contributed by atoms with E-state index in [2.05, 4.69) is 61.3 Å². The van der Waals surface area contributed by atoms with E-state index in [0.717, 1.165) is 26.2 Å². The lowest BCUT2D eigenvalue weighted by atomic mass is 10.0. The summed E-state index contributed by atoms with van der Waals surface area (Å²) < 4.78 is 5.77. The fourth-order valence-electron chi connectivity index (χ4n) is 2.83. The highest BCUT2D eigenvalue weighted by molar-refractivity contribution is 5.14. The Morgan fingerprint density at radius 1 is 1.24 bits per heavy atom. The zero-order chi connectivity index (χ0) is 15.1. The van der Waals surface area contributed by atoms with Crippen LogP contribution in [0.4, 0.5) is 0 Å². The molecule has 0 amide bonds. The molecule has 0 aliphatic carbocycles. The minimum absolute atomic E-state index is 0.0341. The summed E-state index contributed by atoms with van der Waals surface area (Å²) in [6.45, 7) is 11.5. The maximum absolute atomic E-state index is 5.77. The molecule has 0 radical (unpaired) electrons. The fraction of sp³-hybridized carbons (Fsp3) is 0.667. The van der Waals surface area contributed by atoms with Crippen molar-refractivity contribution in [3.8, 4) is 0 Å². The monoisotopic (exact) mass is 290 g/mol. The zero-order valence-corrected chi connectivity index (χ0v) is 13.8. The van der Waals surface area contributed by atoms with Crippen molar-refractivity contribution >= 4 is 0 Å². The van der Waals surface area contributed by atoms with Gasteiger partial charge in [-0.25, -0.2) is 0 Å². The molecule has 21 heavy (non-hydrogen) atoms. The van der Waals surface area contributed by atoms with Crippen molar-refractivity contribution in [2.24, 2.45) is 0 Å². The van der Waals surface area contributed by atoms with Crippen LogP contribution in [0.2, 0.25) is 0 Å². The summed E-state index contributed by atoms with van der Waals surface area (Å²) in [4.78, 5) is 2.56. The van der Waals surface area contributed by atoms with E-state index in [1.54, 1.807) is 0 Å². The van der Waals surface area contributed by atoms with E-state index >= 15 is 0 Å². The van der Waals surface area contributed by atoms with Gasteiger partial charge in [-0.3, -0.25) is 4.90 Å². The minimum atomic E-state index is -0.0341. The average Bonchev–Trinajstić information content (AvgIpc) is 2.44. The molecule has 118 valence electrons. The first kappa shape index (κ1) is 16.5. The lowest BCUT2D eigenvalue weighted by Gasteiger charge is -2.33. The number of nitrogens with zero attached hydrogens (tertiary/aromatic N) is 1. The quantitative estimate of drug-likeness (QED) is 0.815. The molecule has 1 atom stereocenters. The van der Waals surface area contributed by atoms with Crippen molar-refractivity contribution in [3.63, 3.8) is 0 Å². The molecule has 2 rings (SSSR count). The van der Waals surface area contributed by atoms with Crippen LogP contribution in [0.5, 0.6) is 0 Å². The Kier molecular flexibility index (Phi) is 6.22. The number of nitrogens with one attached hydrogen (secondary N) is 1. The number of ether oxygens (including phenoxy) is 1. The second-order valence-corrected chi connectivity index (χ2v) is 6.97. The summed E-state index contributed by atoms with van der Waals surface area (Å²) in [5, 5.41) is 3.64. The summed E-state index contributed by atoms with van der Waals surface area (Å²) in [5.74, 6) is 0. The van der Waals surface area contributed by atoms with Crippen LogP contribution in [0, 0.1) is 0 Å². The van der Waals surface area contributed by atoms with Gasteiger partial charge in [0.05, 0.1) is 12.2 Å². The Balaban J connectivity index is 1.69. The smallest absolute Gasteiger partial charge is 0.0599 e. The number of benzene rings is 1. The summed E-state index contributed by atoms with van der Waals surface area (Å²) in [5.41, 5.74) is 1.38. The van der Waals surface area contributed by atoms with Gasteiger partial charge in [0.25, 0.3) is 0 Å². The van der Waals surface area contributed by atoms with Gasteiger partial charge in [-0.15, -0.1) is 0 Å². The standard InChI is InChI=1S/C18H30N2O/c1-18(2,3)21-13-11-19-17-10-7-12-20(15-17)14-16-8-5-4-6-9-16/h4-6,8-9,17,19H,7,10-15H2,1-3H3. The van der Waals surface area contributed by atoms with Crippen molar-refractivity contribution in [2.45, 2.75) is 51.8 Å². The molecule has 1 aromatic carbocycles. The van der Waals surface area contributed by atoms with Crippen LogP contribution in [0.25, 0.3) is 0 Å². The molecule has 1 aliphatic heterocycles. The predicted molar refractivity (Wildman–Crippen MR) is 88.4 cm³/mol. The number of rotatable bonds is 6. The largest absolute Gasteiger partial charge is 0.375 e. The van der Waals surface area contributed by atoms with Gasteiger partial charge in [0, 0.05) is 25.7 Å². The Morgan fingerprint density at radius 2 is 2.00 bits per heavy atom. The molecule has 1 aromatic rings. The molecular weight excluding hydrogens is 260 g/mol. The van der Waals surface area contributed by atoms with Gasteiger partial charge >= 0.3 is 0 Å². The highest BCUT2D eigenvalue weighted by atomic mass is 16.5. The Labute approximate surface area is 129 Å². The second kappa shape index (κ2) is 7.92. The van der Waals surface area contributed by atoms with E-state index in [1.807, 2.05) is 0 Å². The molecule has 0 spiro atoms. The number of piperidine rings is 1. The van der Waals surface area contributed by atoms with Crippen LogP contribution in [0.1, 0.15) is 39.2 Å². The first-order chi connectivity index (χ1) is 10.0. The molecule has 1 unspecified atom stereocenters. The number of hydrogen-bond donors (Lipinski definition) is 1. The van der Waals surface area contributed by atoms with Crippen LogP contribution >= 0.6 is 0 Å². The molecule has 3 nitrogen and oxygen atoms in total. The number of hydrogen-bond acceptors (Lipinski definition) is 3. The van der Waals surface area contributed by atoms with Gasteiger partial charge in [-0.05, 0) is 45.7 Å². The molecule has 1 N–H and O–H groups in total. The Bertz CT molecular complexity index is 399. The van der Waals surface area contributed by atoms with Crippen LogP contribution in [-0.2, 0) is 11.3 Å². The van der Waals surface area contributed by atoms with Crippen molar-refractivity contribution in [2.75, 3.05) is 26.2 Å². The SMILES string of the molecule is CC(C)(C)OCCNC1CCCN(Cc2ccccc2)C1. The van der Waals surface area contributed by atoms with E-state index in [4.69, 9.17) is 4.74 Å². The molecule has 1 aliphatic rings. The normalized spacial score (nSPS) is 20.6. The highest BCUT2D eigenvalue weighted by Gasteiger charge is 2.19. The first-order valence-electron chi connectivity index (χ1n) is 8.16. The predicted octanol–water partition coefficient (Wildman–Crippen LogP) is 3.06. The van der Waals surface area contributed by atoms with E-state index in [9.17, 15) is 0 Å². The Morgan fingerprint density at radius 3 is 2.71 bits per heavy atom. The fourth-order valence-corrected chi connectivity index (χ4v) is 2.83. The second-order valence-electron chi connectivity index (χ2n) is 6.97. The molecular formula is C18H30N2O. The maximum Gasteiger partial charge on any atom is 0.0599 e. The molecule has 0 aromatic heterocycles. The Hall–Kier alpha value is -0.900. The zero-order valence-electron chi connectivity index (χ0n) is 13.8. The van der Waals surface area contributed by atoms with Gasteiger partial charge in [0.1, 0.15) is 0 Å². The van der Waals surface area contributed by atoms with Gasteiger partial charge in [-0.1, -0.05) is 30.3 Å². The molecule has 3 heteroatoms. The van der Waals surface area contributed by atoms with Crippen molar-refractivity contribution in [1.29, 1.82) is 0 Å². The number of likely N-dealkylation sites (tertiary alicyclic amines) is 1. The summed E-state index contributed by atoms with van der Waals surface area (Å²) in [7, 11) is 0. The van der Waals surface area contributed by atoms with Crippen LogP contribution in [-0.4, -0.2) is 42.8 Å². The van der Waals surface area contributed by atoms with Crippen molar-refractivity contribution in [1.82, 2.24) is 10.2 Å². The van der Waals surface area contributed by atoms with E-state index in [0.29, 0.717) is 6.04 Å². The van der Waals surface area contributed by atoms with Gasteiger partial charge in [0.2, 0.25) is 0 Å². The maximum atomic E-state index is 5.77. The topological polar surface area (TPSA) is 24.5 Å². The average molecular weight is 290 g/mol. The van der Waals surface area contributed by atoms with Gasteiger partial charge in [0.15, 0.2) is 0 Å². The van der Waals surface area contributed by atoms with E-state index in [1.165, 1.54) is 24.9 Å². The van der Waals surface area contributed by atoms with E-state index in [-0.39, 0.29) is 5.60 Å². The summed E-state index contributed by atoms with van der Waals surface area (Å²) in [6.07, 6.45) is 2.56. The van der Waals surface area contributed by atoms with Crippen LogP contribution in [0.15, 0.2) is 30.3 Å². The van der Waals surface area contributed by atoms with Crippen molar-refractivity contribution in [3.05, 3.63) is 35.9 Å². The lowest BCUT2D eigenvalue weighted by Crippen LogP contribution is -2.46. The summed E-state index contributed by atoms with van der Waals surface area (Å²) in [6, 6.07) is 11.4. The van der Waals surface area contributed by atoms with E-state index < -0.39 is 0 Å². The third-order valence-electron chi connectivity index (χ3n) is 3.82. The molecule has 1 fully saturated rings. The van der Waals surface area contributed by atoms with Gasteiger partial charge < -0.3 is 10.1 Å². The first-order valence-corrected chi connectivity index (χ1v) is 8.16. The third-order valence-corrected chi connectivity index (χ3v) is 3.82. The molecule has 0 saturated carbocycles. The summed E-state index contributed by atoms with van der Waals surface area (Å²) >= 11 is 0. The minimum Gasteiger partial charge on any atom is -0.375 e. The molecule has 1 saturated heterocycles. The third kappa shape index (κ3) is 6.60. The molecule has 0 bridgehead atoms. The van der Waals surface area contributed by atoms with Crippen molar-refractivity contribution < 1.29 is 4.74 Å². The van der Waals surface area contributed by atoms with Crippen LogP contribution in [0.3, 0.4) is 0 Å². The molecule has 1 heterocycles. The van der Waals surface area contributed by atoms with Crippen LogP contribution < -0.4 is 5.32 Å².